The van der Waals surface area contributed by atoms with E-state index in [1.807, 2.05) is 13.8 Å². The molecule has 0 aromatic carbocycles. The lowest BCUT2D eigenvalue weighted by atomic mass is 9.98. The van der Waals surface area contributed by atoms with Crippen LogP contribution in [0.15, 0.2) is 18.5 Å². The molecule has 1 aromatic rings. The van der Waals surface area contributed by atoms with Gasteiger partial charge in [-0.1, -0.05) is 25.7 Å². The fourth-order valence-electron chi connectivity index (χ4n) is 1.01. The average molecular weight is 210 g/mol. The van der Waals surface area contributed by atoms with Gasteiger partial charge >= 0.3 is 0 Å². The molecule has 1 fully saturated rings. The summed E-state index contributed by atoms with van der Waals surface area (Å²) in [5.41, 5.74) is 5.91. The first-order chi connectivity index (χ1) is 7.00. The Kier molecular flexibility index (Phi) is 4.21. The lowest BCUT2D eigenvalue weighted by Gasteiger charge is -2.17. The van der Waals surface area contributed by atoms with Crippen molar-refractivity contribution in [1.29, 1.82) is 0 Å². The number of pyridine rings is 1. The van der Waals surface area contributed by atoms with Crippen LogP contribution in [0.3, 0.4) is 0 Å². The third-order valence-corrected chi connectivity index (χ3v) is 2.45. The Bertz CT molecular complexity index is 297. The quantitative estimate of drug-likeness (QED) is 0.774. The second-order valence-corrected chi connectivity index (χ2v) is 4.53. The van der Waals surface area contributed by atoms with E-state index in [1.165, 1.54) is 31.7 Å². The summed E-state index contributed by atoms with van der Waals surface area (Å²) in [7, 11) is 0. The Hall–Kier alpha value is -0.960. The van der Waals surface area contributed by atoms with Crippen molar-refractivity contribution < 1.29 is 4.39 Å². The van der Waals surface area contributed by atoms with Crippen molar-refractivity contribution in [2.45, 2.75) is 45.1 Å². The first-order valence-electron chi connectivity index (χ1n) is 5.40. The number of hydrogen-bond acceptors (Lipinski definition) is 2. The molecular formula is C12H19FN2. The van der Waals surface area contributed by atoms with E-state index < -0.39 is 5.54 Å². The van der Waals surface area contributed by atoms with Crippen molar-refractivity contribution in [2.75, 3.05) is 0 Å². The molecule has 1 aromatic heterocycles. The van der Waals surface area contributed by atoms with Gasteiger partial charge in [0.2, 0.25) is 0 Å². The largest absolute Gasteiger partial charge is 0.322 e. The van der Waals surface area contributed by atoms with Gasteiger partial charge in [-0.3, -0.25) is 4.98 Å². The van der Waals surface area contributed by atoms with Gasteiger partial charge in [0, 0.05) is 11.7 Å². The molecule has 0 bridgehead atoms. The molecule has 0 unspecified atom stereocenters. The van der Waals surface area contributed by atoms with Gasteiger partial charge in [0.15, 0.2) is 0 Å². The molecule has 2 nitrogen and oxygen atoms in total. The highest BCUT2D eigenvalue weighted by Crippen LogP contribution is 2.15. The number of aromatic nitrogens is 1. The molecule has 1 aliphatic carbocycles. The van der Waals surface area contributed by atoms with Crippen LogP contribution in [0, 0.1) is 5.82 Å². The SMILES string of the molecule is C1CCC1.CC(C)(N)c1cncc(F)c1. The summed E-state index contributed by atoms with van der Waals surface area (Å²) in [5.74, 6) is -0.346. The zero-order valence-corrected chi connectivity index (χ0v) is 9.46. The predicted octanol–water partition coefficient (Wildman–Crippen LogP) is 2.97. The van der Waals surface area contributed by atoms with Crippen LogP contribution in [-0.2, 0) is 5.54 Å². The van der Waals surface area contributed by atoms with Crippen LogP contribution in [-0.4, -0.2) is 4.98 Å². The van der Waals surface area contributed by atoms with Crippen molar-refractivity contribution in [3.63, 3.8) is 0 Å². The summed E-state index contributed by atoms with van der Waals surface area (Å²) in [4.78, 5) is 3.70. The van der Waals surface area contributed by atoms with Crippen molar-refractivity contribution in [1.82, 2.24) is 4.98 Å². The number of nitrogens with zero attached hydrogens (tertiary/aromatic N) is 1. The summed E-state index contributed by atoms with van der Waals surface area (Å²) in [6.07, 6.45) is 8.73. The maximum Gasteiger partial charge on any atom is 0.141 e. The first-order valence-corrected chi connectivity index (χ1v) is 5.40. The number of hydrogen-bond donors (Lipinski definition) is 1. The highest BCUT2D eigenvalue weighted by atomic mass is 19.1. The fraction of sp³-hybridized carbons (Fsp3) is 0.583. The minimum atomic E-state index is -0.519. The molecule has 0 amide bonds. The van der Waals surface area contributed by atoms with Gasteiger partial charge in [0.25, 0.3) is 0 Å². The van der Waals surface area contributed by atoms with Crippen LogP contribution in [0.4, 0.5) is 4.39 Å². The molecule has 2 N–H and O–H groups in total. The van der Waals surface area contributed by atoms with Crippen LogP contribution < -0.4 is 5.73 Å². The van der Waals surface area contributed by atoms with E-state index in [9.17, 15) is 4.39 Å². The summed E-state index contributed by atoms with van der Waals surface area (Å²) in [6.45, 7) is 3.62. The molecule has 2 rings (SSSR count). The molecule has 15 heavy (non-hydrogen) atoms. The molecule has 0 spiro atoms. The highest BCUT2D eigenvalue weighted by Gasteiger charge is 2.14. The van der Waals surface area contributed by atoms with Crippen molar-refractivity contribution >= 4 is 0 Å². The fourth-order valence-corrected chi connectivity index (χ4v) is 1.01. The lowest BCUT2D eigenvalue weighted by molar-refractivity contribution is 0.504. The van der Waals surface area contributed by atoms with Crippen LogP contribution in [0.5, 0.6) is 0 Å². The van der Waals surface area contributed by atoms with Crippen LogP contribution >= 0.6 is 0 Å². The monoisotopic (exact) mass is 210 g/mol. The van der Waals surface area contributed by atoms with E-state index in [1.54, 1.807) is 6.20 Å². The van der Waals surface area contributed by atoms with Crippen LogP contribution in [0.1, 0.15) is 45.1 Å². The van der Waals surface area contributed by atoms with Gasteiger partial charge in [0.05, 0.1) is 6.20 Å². The first kappa shape index (κ1) is 12.1. The zero-order chi connectivity index (χ0) is 11.3. The Labute approximate surface area is 90.7 Å². The smallest absolute Gasteiger partial charge is 0.141 e. The zero-order valence-electron chi connectivity index (χ0n) is 9.46. The Morgan fingerprint density at radius 1 is 1.20 bits per heavy atom. The second-order valence-electron chi connectivity index (χ2n) is 4.53. The van der Waals surface area contributed by atoms with Gasteiger partial charge in [0.1, 0.15) is 5.82 Å². The molecule has 1 saturated carbocycles. The minimum Gasteiger partial charge on any atom is -0.322 e. The minimum absolute atomic E-state index is 0.346. The van der Waals surface area contributed by atoms with E-state index in [-0.39, 0.29) is 5.82 Å². The van der Waals surface area contributed by atoms with Gasteiger partial charge < -0.3 is 5.73 Å². The Balaban J connectivity index is 0.000000234. The van der Waals surface area contributed by atoms with E-state index in [4.69, 9.17) is 5.73 Å². The van der Waals surface area contributed by atoms with E-state index >= 15 is 0 Å². The molecule has 1 aliphatic rings. The third kappa shape index (κ3) is 4.38. The molecule has 84 valence electrons. The molecule has 0 radical (unpaired) electrons. The molecule has 3 heteroatoms. The predicted molar refractivity (Wildman–Crippen MR) is 59.9 cm³/mol. The van der Waals surface area contributed by atoms with Crippen molar-refractivity contribution in [3.8, 4) is 0 Å². The lowest BCUT2D eigenvalue weighted by Crippen LogP contribution is -2.28. The standard InChI is InChI=1S/C8H11FN2.C4H8/c1-8(2,10)6-3-7(9)5-11-4-6;1-2-4-3-1/h3-5H,10H2,1-2H3;1-4H2. The van der Waals surface area contributed by atoms with E-state index in [0.717, 1.165) is 6.20 Å². The number of nitrogens with two attached hydrogens (primary N) is 1. The average Bonchev–Trinajstić information content (AvgIpc) is 1.99. The van der Waals surface area contributed by atoms with Gasteiger partial charge in [-0.2, -0.15) is 0 Å². The topological polar surface area (TPSA) is 38.9 Å². The second kappa shape index (κ2) is 5.21. The maximum atomic E-state index is 12.6. The number of rotatable bonds is 1. The summed E-state index contributed by atoms with van der Waals surface area (Å²) in [6, 6.07) is 1.40. The van der Waals surface area contributed by atoms with Crippen molar-refractivity contribution in [3.05, 3.63) is 29.8 Å². The Morgan fingerprint density at radius 2 is 1.73 bits per heavy atom. The number of halogens is 1. The van der Waals surface area contributed by atoms with E-state index in [0.29, 0.717) is 5.56 Å². The maximum absolute atomic E-state index is 12.6. The molecule has 1 heterocycles. The molecule has 0 aliphatic heterocycles. The van der Waals surface area contributed by atoms with Crippen molar-refractivity contribution in [2.24, 2.45) is 5.73 Å². The van der Waals surface area contributed by atoms with Crippen LogP contribution in [0.2, 0.25) is 0 Å². The van der Waals surface area contributed by atoms with Gasteiger partial charge in [-0.05, 0) is 25.5 Å². The Morgan fingerprint density at radius 3 is 2.00 bits per heavy atom. The highest BCUT2D eigenvalue weighted by molar-refractivity contribution is 5.18. The third-order valence-electron chi connectivity index (χ3n) is 2.45. The van der Waals surface area contributed by atoms with Gasteiger partial charge in [-0.15, -0.1) is 0 Å². The van der Waals surface area contributed by atoms with Crippen LogP contribution in [0.25, 0.3) is 0 Å². The molecule has 0 atom stereocenters. The van der Waals surface area contributed by atoms with E-state index in [2.05, 4.69) is 4.98 Å². The normalized spacial score (nSPS) is 14.9. The summed E-state index contributed by atoms with van der Waals surface area (Å²) < 4.78 is 12.6. The summed E-state index contributed by atoms with van der Waals surface area (Å²) in [5, 5.41) is 0. The molecule has 0 saturated heterocycles. The summed E-state index contributed by atoms with van der Waals surface area (Å²) >= 11 is 0. The van der Waals surface area contributed by atoms with Gasteiger partial charge in [-0.25, -0.2) is 4.39 Å². The molecular weight excluding hydrogens is 191 g/mol.